The molecule has 0 amide bonds. The quantitative estimate of drug-likeness (QED) is 0.849. The molecule has 0 spiro atoms. The predicted molar refractivity (Wildman–Crippen MR) is 64.6 cm³/mol. The Balaban J connectivity index is 2.00. The van der Waals surface area contributed by atoms with Gasteiger partial charge in [-0.05, 0) is 38.3 Å². The third-order valence-corrected chi connectivity index (χ3v) is 3.40. The molecule has 3 heteroatoms. The van der Waals surface area contributed by atoms with E-state index < -0.39 is 0 Å². The number of nitrogens with one attached hydrogen (secondary N) is 1. The van der Waals surface area contributed by atoms with E-state index >= 15 is 0 Å². The van der Waals surface area contributed by atoms with Gasteiger partial charge in [-0.25, -0.2) is 4.98 Å². The van der Waals surface area contributed by atoms with Gasteiger partial charge in [0.2, 0.25) is 0 Å². The van der Waals surface area contributed by atoms with Crippen LogP contribution in [-0.2, 0) is 19.3 Å². The molecule has 3 nitrogen and oxygen atoms in total. The molecule has 1 N–H and O–H groups in total. The van der Waals surface area contributed by atoms with Crippen molar-refractivity contribution < 1.29 is 4.42 Å². The third kappa shape index (κ3) is 2.64. The van der Waals surface area contributed by atoms with Gasteiger partial charge in [-0.2, -0.15) is 0 Å². The van der Waals surface area contributed by atoms with Crippen molar-refractivity contribution in [2.24, 2.45) is 5.92 Å². The van der Waals surface area contributed by atoms with Crippen LogP contribution in [0, 0.1) is 5.92 Å². The summed E-state index contributed by atoms with van der Waals surface area (Å²) in [5.74, 6) is 2.81. The molecule has 1 aliphatic rings. The van der Waals surface area contributed by atoms with Gasteiger partial charge in [0.25, 0.3) is 0 Å². The maximum absolute atomic E-state index is 5.83. The summed E-state index contributed by atoms with van der Waals surface area (Å²) < 4.78 is 5.83. The number of aryl methyl sites for hydroxylation is 2. The zero-order chi connectivity index (χ0) is 11.4. The van der Waals surface area contributed by atoms with Crippen LogP contribution in [0.25, 0.3) is 0 Å². The van der Waals surface area contributed by atoms with Gasteiger partial charge in [0.1, 0.15) is 5.76 Å². The third-order valence-electron chi connectivity index (χ3n) is 3.40. The highest BCUT2D eigenvalue weighted by Crippen LogP contribution is 2.20. The number of hydrogen-bond donors (Lipinski definition) is 1. The van der Waals surface area contributed by atoms with Gasteiger partial charge in [-0.3, -0.25) is 0 Å². The van der Waals surface area contributed by atoms with Crippen molar-refractivity contribution >= 4 is 0 Å². The van der Waals surface area contributed by atoms with Crippen LogP contribution in [0.5, 0.6) is 0 Å². The molecule has 0 atom stereocenters. The fourth-order valence-corrected chi connectivity index (χ4v) is 2.41. The average molecular weight is 222 g/mol. The van der Waals surface area contributed by atoms with Crippen LogP contribution < -0.4 is 5.32 Å². The average Bonchev–Trinajstić information content (AvgIpc) is 2.72. The molecule has 1 saturated heterocycles. The summed E-state index contributed by atoms with van der Waals surface area (Å²) in [6, 6.07) is 0. The lowest BCUT2D eigenvalue weighted by atomic mass is 9.95. The molecule has 1 fully saturated rings. The Morgan fingerprint density at radius 2 is 2.00 bits per heavy atom. The van der Waals surface area contributed by atoms with Crippen LogP contribution >= 0.6 is 0 Å². The molecule has 0 unspecified atom stereocenters. The summed E-state index contributed by atoms with van der Waals surface area (Å²) in [5, 5.41) is 3.39. The Hall–Kier alpha value is -0.830. The highest BCUT2D eigenvalue weighted by Gasteiger charge is 2.17. The molecule has 0 saturated carbocycles. The fraction of sp³-hybridized carbons (Fsp3) is 0.769. The summed E-state index contributed by atoms with van der Waals surface area (Å²) in [5.41, 5.74) is 1.16. The molecule has 0 radical (unpaired) electrons. The molecule has 1 aromatic heterocycles. The van der Waals surface area contributed by atoms with Gasteiger partial charge in [0.05, 0.1) is 5.69 Å². The van der Waals surface area contributed by atoms with Gasteiger partial charge in [-0.1, -0.05) is 13.8 Å². The van der Waals surface area contributed by atoms with Crippen LogP contribution in [0.2, 0.25) is 0 Å². The fourth-order valence-electron chi connectivity index (χ4n) is 2.41. The molecule has 0 bridgehead atoms. The molecular formula is C13H22N2O. The van der Waals surface area contributed by atoms with E-state index in [1.54, 1.807) is 0 Å². The number of hydrogen-bond acceptors (Lipinski definition) is 3. The summed E-state index contributed by atoms with van der Waals surface area (Å²) >= 11 is 0. The maximum Gasteiger partial charge on any atom is 0.194 e. The number of oxazole rings is 1. The van der Waals surface area contributed by atoms with E-state index in [0.717, 1.165) is 55.6 Å². The first kappa shape index (κ1) is 11.6. The molecule has 0 aromatic carbocycles. The van der Waals surface area contributed by atoms with Gasteiger partial charge < -0.3 is 9.73 Å². The Morgan fingerprint density at radius 3 is 2.56 bits per heavy atom. The standard InChI is InChI=1S/C13H22N2O/c1-3-11-12(4-2)16-13(15-11)9-10-5-7-14-8-6-10/h10,14H,3-9H2,1-2H3. The summed E-state index contributed by atoms with van der Waals surface area (Å²) in [7, 11) is 0. The molecular weight excluding hydrogens is 200 g/mol. The first-order valence-electron chi connectivity index (χ1n) is 6.51. The van der Waals surface area contributed by atoms with E-state index in [1.807, 2.05) is 0 Å². The summed E-state index contributed by atoms with van der Waals surface area (Å²) in [6.45, 7) is 6.57. The van der Waals surface area contributed by atoms with Crippen molar-refractivity contribution in [1.82, 2.24) is 10.3 Å². The molecule has 0 aliphatic carbocycles. The largest absolute Gasteiger partial charge is 0.445 e. The molecule has 90 valence electrons. The Kier molecular flexibility index (Phi) is 3.99. The number of piperidine rings is 1. The van der Waals surface area contributed by atoms with E-state index in [4.69, 9.17) is 4.42 Å². The minimum absolute atomic E-state index is 0.759. The van der Waals surface area contributed by atoms with Gasteiger partial charge >= 0.3 is 0 Å². The summed E-state index contributed by atoms with van der Waals surface area (Å²) in [4.78, 5) is 4.61. The number of nitrogens with zero attached hydrogens (tertiary/aromatic N) is 1. The second-order valence-electron chi connectivity index (χ2n) is 4.58. The Morgan fingerprint density at radius 1 is 1.25 bits per heavy atom. The highest BCUT2D eigenvalue weighted by molar-refractivity contribution is 5.10. The topological polar surface area (TPSA) is 38.1 Å². The van der Waals surface area contributed by atoms with Gasteiger partial charge in [0, 0.05) is 12.8 Å². The van der Waals surface area contributed by atoms with Gasteiger partial charge in [-0.15, -0.1) is 0 Å². The number of aromatic nitrogens is 1. The zero-order valence-electron chi connectivity index (χ0n) is 10.4. The van der Waals surface area contributed by atoms with E-state index in [-0.39, 0.29) is 0 Å². The number of rotatable bonds is 4. The first-order valence-corrected chi connectivity index (χ1v) is 6.51. The minimum atomic E-state index is 0.759. The van der Waals surface area contributed by atoms with Crippen molar-refractivity contribution in [3.05, 3.63) is 17.3 Å². The normalized spacial score (nSPS) is 17.9. The van der Waals surface area contributed by atoms with E-state index in [0.29, 0.717) is 0 Å². The van der Waals surface area contributed by atoms with Crippen LogP contribution in [0.15, 0.2) is 4.42 Å². The second-order valence-corrected chi connectivity index (χ2v) is 4.58. The molecule has 1 aromatic rings. The molecule has 2 rings (SSSR count). The molecule has 16 heavy (non-hydrogen) atoms. The Labute approximate surface area is 97.6 Å². The Bertz CT molecular complexity index is 305. The van der Waals surface area contributed by atoms with Crippen LogP contribution in [0.4, 0.5) is 0 Å². The summed E-state index contributed by atoms with van der Waals surface area (Å²) in [6.07, 6.45) is 5.48. The van der Waals surface area contributed by atoms with Crippen LogP contribution in [0.3, 0.4) is 0 Å². The van der Waals surface area contributed by atoms with Crippen LogP contribution in [-0.4, -0.2) is 18.1 Å². The van der Waals surface area contributed by atoms with E-state index in [1.165, 1.54) is 12.8 Å². The van der Waals surface area contributed by atoms with Crippen molar-refractivity contribution in [2.75, 3.05) is 13.1 Å². The van der Waals surface area contributed by atoms with Crippen molar-refractivity contribution in [3.63, 3.8) is 0 Å². The highest BCUT2D eigenvalue weighted by atomic mass is 16.4. The van der Waals surface area contributed by atoms with E-state index in [9.17, 15) is 0 Å². The lowest BCUT2D eigenvalue weighted by Gasteiger charge is -2.20. The van der Waals surface area contributed by atoms with Crippen molar-refractivity contribution in [1.29, 1.82) is 0 Å². The van der Waals surface area contributed by atoms with Gasteiger partial charge in [0.15, 0.2) is 5.89 Å². The monoisotopic (exact) mass is 222 g/mol. The SMILES string of the molecule is CCc1nc(CC2CCNCC2)oc1CC. The first-order chi connectivity index (χ1) is 7.83. The van der Waals surface area contributed by atoms with Crippen molar-refractivity contribution in [3.8, 4) is 0 Å². The minimum Gasteiger partial charge on any atom is -0.445 e. The lowest BCUT2D eigenvalue weighted by molar-refractivity contribution is 0.337. The van der Waals surface area contributed by atoms with Crippen LogP contribution in [0.1, 0.15) is 44.0 Å². The lowest BCUT2D eigenvalue weighted by Crippen LogP contribution is -2.28. The predicted octanol–water partition coefficient (Wildman–Crippen LogP) is 2.34. The second kappa shape index (κ2) is 5.48. The zero-order valence-corrected chi connectivity index (χ0v) is 10.4. The maximum atomic E-state index is 5.83. The van der Waals surface area contributed by atoms with E-state index in [2.05, 4.69) is 24.1 Å². The molecule has 2 heterocycles. The molecule has 1 aliphatic heterocycles. The smallest absolute Gasteiger partial charge is 0.194 e. The van der Waals surface area contributed by atoms with Crippen molar-refractivity contribution in [2.45, 2.75) is 46.0 Å².